The van der Waals surface area contributed by atoms with E-state index in [2.05, 4.69) is 52.0 Å². The van der Waals surface area contributed by atoms with Crippen molar-refractivity contribution >= 4 is 5.76 Å². The van der Waals surface area contributed by atoms with Crippen molar-refractivity contribution < 1.29 is 4.74 Å². The molecule has 1 aromatic rings. The lowest BCUT2D eigenvalue weighted by Gasteiger charge is -2.24. The third kappa shape index (κ3) is 1.67. The number of ether oxygens (including phenoxy) is 1. The van der Waals surface area contributed by atoms with Gasteiger partial charge in [0.1, 0.15) is 11.4 Å². The molecule has 80 valence electrons. The van der Waals surface area contributed by atoms with Gasteiger partial charge in [-0.05, 0) is 26.3 Å². The first-order valence-corrected chi connectivity index (χ1v) is 5.47. The van der Waals surface area contributed by atoms with Gasteiger partial charge in [-0.2, -0.15) is 0 Å². The van der Waals surface area contributed by atoms with E-state index in [4.69, 9.17) is 4.74 Å². The number of hydrogen-bond acceptors (Lipinski definition) is 1. The lowest BCUT2D eigenvalue weighted by atomic mass is 9.88. The maximum atomic E-state index is 6.04. The van der Waals surface area contributed by atoms with E-state index in [1.807, 2.05) is 6.07 Å². The fourth-order valence-electron chi connectivity index (χ4n) is 2.03. The van der Waals surface area contributed by atoms with Crippen LogP contribution in [0.25, 0.3) is 5.76 Å². The standard InChI is InChI=1S/C14H18O/c1-10-11(2)14(3,4)15-13(10)12-8-6-5-7-9-12/h5-9,11H,1-4H3. The molecule has 1 nitrogen and oxygen atoms in total. The summed E-state index contributed by atoms with van der Waals surface area (Å²) >= 11 is 0. The van der Waals surface area contributed by atoms with Crippen LogP contribution in [0.1, 0.15) is 33.3 Å². The van der Waals surface area contributed by atoms with Crippen LogP contribution < -0.4 is 0 Å². The first-order valence-electron chi connectivity index (χ1n) is 5.47. The highest BCUT2D eigenvalue weighted by atomic mass is 16.5. The predicted molar refractivity (Wildman–Crippen MR) is 63.4 cm³/mol. The van der Waals surface area contributed by atoms with Crippen LogP contribution in [0.15, 0.2) is 35.9 Å². The lowest BCUT2D eigenvalue weighted by Crippen LogP contribution is -2.26. The molecule has 1 heteroatoms. The van der Waals surface area contributed by atoms with E-state index in [9.17, 15) is 0 Å². The van der Waals surface area contributed by atoms with Gasteiger partial charge in [0.25, 0.3) is 0 Å². The van der Waals surface area contributed by atoms with Crippen molar-refractivity contribution in [1.82, 2.24) is 0 Å². The molecule has 2 rings (SSSR count). The smallest absolute Gasteiger partial charge is 0.126 e. The van der Waals surface area contributed by atoms with Gasteiger partial charge in [0.15, 0.2) is 0 Å². The SMILES string of the molecule is CC1=C(c2ccccc2)OC(C)(C)C1C. The van der Waals surface area contributed by atoms with E-state index >= 15 is 0 Å². The van der Waals surface area contributed by atoms with E-state index in [1.54, 1.807) is 0 Å². The molecule has 0 spiro atoms. The third-order valence-corrected chi connectivity index (χ3v) is 3.45. The van der Waals surface area contributed by atoms with E-state index in [0.29, 0.717) is 5.92 Å². The molecule has 1 unspecified atom stereocenters. The number of benzene rings is 1. The van der Waals surface area contributed by atoms with Crippen LogP contribution in [0, 0.1) is 5.92 Å². The third-order valence-electron chi connectivity index (χ3n) is 3.45. The van der Waals surface area contributed by atoms with Crippen molar-refractivity contribution in [2.24, 2.45) is 5.92 Å². The van der Waals surface area contributed by atoms with E-state index in [1.165, 1.54) is 11.1 Å². The van der Waals surface area contributed by atoms with Crippen molar-refractivity contribution in [3.8, 4) is 0 Å². The fourth-order valence-corrected chi connectivity index (χ4v) is 2.03. The van der Waals surface area contributed by atoms with Gasteiger partial charge in [-0.1, -0.05) is 37.3 Å². The Balaban J connectivity index is 2.40. The van der Waals surface area contributed by atoms with Gasteiger partial charge in [0.2, 0.25) is 0 Å². The topological polar surface area (TPSA) is 9.23 Å². The summed E-state index contributed by atoms with van der Waals surface area (Å²) < 4.78 is 6.04. The van der Waals surface area contributed by atoms with Crippen LogP contribution in [0.2, 0.25) is 0 Å². The Kier molecular flexibility index (Phi) is 2.34. The molecule has 1 atom stereocenters. The average molecular weight is 202 g/mol. The molecule has 1 aliphatic rings. The monoisotopic (exact) mass is 202 g/mol. The Hall–Kier alpha value is -1.24. The molecule has 0 fully saturated rings. The largest absolute Gasteiger partial charge is 0.487 e. The molecular weight excluding hydrogens is 184 g/mol. The molecule has 1 aromatic carbocycles. The summed E-state index contributed by atoms with van der Waals surface area (Å²) in [6.07, 6.45) is 0. The fraction of sp³-hybridized carbons (Fsp3) is 0.429. The minimum atomic E-state index is -0.0741. The van der Waals surface area contributed by atoms with Crippen LogP contribution in [0.4, 0.5) is 0 Å². The van der Waals surface area contributed by atoms with Crippen LogP contribution >= 0.6 is 0 Å². The summed E-state index contributed by atoms with van der Waals surface area (Å²) in [5, 5.41) is 0. The molecule has 0 bridgehead atoms. The van der Waals surface area contributed by atoms with Gasteiger partial charge >= 0.3 is 0 Å². The van der Waals surface area contributed by atoms with Gasteiger partial charge in [-0.25, -0.2) is 0 Å². The first kappa shape index (κ1) is 10.3. The molecule has 0 N–H and O–H groups in total. The van der Waals surface area contributed by atoms with Crippen molar-refractivity contribution in [3.63, 3.8) is 0 Å². The maximum absolute atomic E-state index is 6.04. The van der Waals surface area contributed by atoms with E-state index in [0.717, 1.165) is 5.76 Å². The highest BCUT2D eigenvalue weighted by molar-refractivity contribution is 5.65. The Bertz CT molecular complexity index is 387. The summed E-state index contributed by atoms with van der Waals surface area (Å²) in [5.74, 6) is 1.54. The highest BCUT2D eigenvalue weighted by Gasteiger charge is 2.38. The highest BCUT2D eigenvalue weighted by Crippen LogP contribution is 2.42. The zero-order valence-electron chi connectivity index (χ0n) is 9.87. The van der Waals surface area contributed by atoms with Gasteiger partial charge in [-0.15, -0.1) is 0 Å². The van der Waals surface area contributed by atoms with Gasteiger partial charge in [-0.3, -0.25) is 0 Å². The first-order chi connectivity index (χ1) is 7.02. The van der Waals surface area contributed by atoms with E-state index in [-0.39, 0.29) is 5.60 Å². The molecule has 15 heavy (non-hydrogen) atoms. The summed E-state index contributed by atoms with van der Waals surface area (Å²) in [5.41, 5.74) is 2.47. The summed E-state index contributed by atoms with van der Waals surface area (Å²) in [6, 6.07) is 10.3. The second-order valence-electron chi connectivity index (χ2n) is 4.81. The molecular formula is C14H18O. The summed E-state index contributed by atoms with van der Waals surface area (Å²) in [6.45, 7) is 8.70. The Morgan fingerprint density at radius 2 is 1.73 bits per heavy atom. The number of rotatable bonds is 1. The van der Waals surface area contributed by atoms with Gasteiger partial charge in [0.05, 0.1) is 0 Å². The van der Waals surface area contributed by atoms with Crippen molar-refractivity contribution in [2.45, 2.75) is 33.3 Å². The Morgan fingerprint density at radius 1 is 1.13 bits per heavy atom. The van der Waals surface area contributed by atoms with Crippen LogP contribution in [-0.4, -0.2) is 5.60 Å². The van der Waals surface area contributed by atoms with Gasteiger partial charge in [0, 0.05) is 11.5 Å². The van der Waals surface area contributed by atoms with Crippen molar-refractivity contribution in [2.75, 3.05) is 0 Å². The second-order valence-corrected chi connectivity index (χ2v) is 4.81. The maximum Gasteiger partial charge on any atom is 0.126 e. The van der Waals surface area contributed by atoms with Crippen LogP contribution in [-0.2, 0) is 4.74 Å². The molecule has 0 saturated carbocycles. The normalized spacial score (nSPS) is 24.1. The Morgan fingerprint density at radius 3 is 2.20 bits per heavy atom. The van der Waals surface area contributed by atoms with E-state index < -0.39 is 0 Å². The summed E-state index contributed by atoms with van der Waals surface area (Å²) in [7, 11) is 0. The van der Waals surface area contributed by atoms with Gasteiger partial charge < -0.3 is 4.74 Å². The average Bonchev–Trinajstić information content (AvgIpc) is 2.44. The Labute approximate surface area is 91.8 Å². The minimum Gasteiger partial charge on any atom is -0.487 e. The molecule has 0 aliphatic carbocycles. The minimum absolute atomic E-state index is 0.0741. The second kappa shape index (κ2) is 3.41. The quantitative estimate of drug-likeness (QED) is 0.672. The lowest BCUT2D eigenvalue weighted by molar-refractivity contribution is 0.0646. The zero-order chi connectivity index (χ0) is 11.1. The zero-order valence-corrected chi connectivity index (χ0v) is 9.87. The van der Waals surface area contributed by atoms with Crippen molar-refractivity contribution in [1.29, 1.82) is 0 Å². The molecule has 0 radical (unpaired) electrons. The molecule has 1 heterocycles. The molecule has 0 saturated heterocycles. The predicted octanol–water partition coefficient (Wildman–Crippen LogP) is 3.86. The number of hydrogen-bond donors (Lipinski definition) is 0. The van der Waals surface area contributed by atoms with Crippen molar-refractivity contribution in [3.05, 3.63) is 41.5 Å². The van der Waals surface area contributed by atoms with Crippen LogP contribution in [0.3, 0.4) is 0 Å². The molecule has 0 amide bonds. The molecule has 1 aliphatic heterocycles. The van der Waals surface area contributed by atoms with Crippen LogP contribution in [0.5, 0.6) is 0 Å². The molecule has 0 aromatic heterocycles. The summed E-state index contributed by atoms with van der Waals surface area (Å²) in [4.78, 5) is 0.